The molecule has 100 valence electrons. The smallest absolute Gasteiger partial charge is 0.290 e. The third kappa shape index (κ3) is 3.29. The lowest BCUT2D eigenvalue weighted by Crippen LogP contribution is -2.39. The summed E-state index contributed by atoms with van der Waals surface area (Å²) in [5.74, 6) is 1.35. The van der Waals surface area contributed by atoms with Crippen LogP contribution in [-0.4, -0.2) is 52.7 Å². The molecule has 1 aliphatic heterocycles. The molecule has 18 heavy (non-hydrogen) atoms. The van der Waals surface area contributed by atoms with Gasteiger partial charge in [0.1, 0.15) is 5.82 Å². The number of H-pyrrole nitrogens is 1. The number of amides is 1. The Morgan fingerprint density at radius 3 is 3.11 bits per heavy atom. The standard InChI is InChI=1S/C12H21N5O/c1-3-10-14-11(16-15-10)12(18)13-7-9-5-4-6-17(2)8-9/h9H,3-8H2,1-2H3,(H,13,18)(H,14,15,16). The maximum absolute atomic E-state index is 11.8. The zero-order valence-corrected chi connectivity index (χ0v) is 11.1. The molecule has 0 radical (unpaired) electrons. The van der Waals surface area contributed by atoms with Crippen LogP contribution in [0.3, 0.4) is 0 Å². The molecule has 1 fully saturated rings. The summed E-state index contributed by atoms with van der Waals surface area (Å²) in [6.07, 6.45) is 3.14. The summed E-state index contributed by atoms with van der Waals surface area (Å²) < 4.78 is 0. The summed E-state index contributed by atoms with van der Waals surface area (Å²) in [5.41, 5.74) is 0. The van der Waals surface area contributed by atoms with E-state index in [9.17, 15) is 4.79 Å². The van der Waals surface area contributed by atoms with Crippen LogP contribution in [0, 0.1) is 5.92 Å². The number of carbonyl (C=O) groups is 1. The second-order valence-electron chi connectivity index (χ2n) is 4.94. The largest absolute Gasteiger partial charge is 0.349 e. The summed E-state index contributed by atoms with van der Waals surface area (Å²) in [7, 11) is 2.12. The SMILES string of the molecule is CCc1nc(C(=O)NCC2CCCN(C)C2)n[nH]1. The molecule has 0 bridgehead atoms. The van der Waals surface area contributed by atoms with Crippen molar-refractivity contribution in [3.63, 3.8) is 0 Å². The molecule has 1 unspecified atom stereocenters. The molecule has 2 heterocycles. The van der Waals surface area contributed by atoms with Gasteiger partial charge in [-0.05, 0) is 32.4 Å². The number of hydrogen-bond acceptors (Lipinski definition) is 4. The van der Waals surface area contributed by atoms with Gasteiger partial charge < -0.3 is 10.2 Å². The monoisotopic (exact) mass is 251 g/mol. The van der Waals surface area contributed by atoms with Crippen molar-refractivity contribution < 1.29 is 4.79 Å². The van der Waals surface area contributed by atoms with E-state index in [1.165, 1.54) is 12.8 Å². The molecule has 2 N–H and O–H groups in total. The number of aryl methyl sites for hydroxylation is 1. The lowest BCUT2D eigenvalue weighted by atomic mass is 9.98. The first-order valence-corrected chi connectivity index (χ1v) is 6.57. The number of likely N-dealkylation sites (tertiary alicyclic amines) is 1. The van der Waals surface area contributed by atoms with Gasteiger partial charge in [0.2, 0.25) is 5.82 Å². The number of aromatic nitrogens is 3. The van der Waals surface area contributed by atoms with Crippen LogP contribution in [0.4, 0.5) is 0 Å². The molecule has 0 saturated carbocycles. The van der Waals surface area contributed by atoms with Crippen LogP contribution in [-0.2, 0) is 6.42 Å². The minimum absolute atomic E-state index is 0.181. The highest BCUT2D eigenvalue weighted by atomic mass is 16.2. The van der Waals surface area contributed by atoms with E-state index < -0.39 is 0 Å². The fourth-order valence-electron chi connectivity index (χ4n) is 2.31. The fraction of sp³-hybridized carbons (Fsp3) is 0.750. The molecule has 1 amide bonds. The molecule has 1 saturated heterocycles. The minimum Gasteiger partial charge on any atom is -0.349 e. The number of rotatable bonds is 4. The van der Waals surface area contributed by atoms with Gasteiger partial charge in [0.15, 0.2) is 0 Å². The van der Waals surface area contributed by atoms with Gasteiger partial charge >= 0.3 is 0 Å². The summed E-state index contributed by atoms with van der Waals surface area (Å²) >= 11 is 0. The van der Waals surface area contributed by atoms with E-state index in [0.717, 1.165) is 25.3 Å². The average Bonchev–Trinajstić information content (AvgIpc) is 2.85. The Kier molecular flexibility index (Phi) is 4.30. The summed E-state index contributed by atoms with van der Waals surface area (Å²) in [6.45, 7) is 4.89. The number of piperidine rings is 1. The Morgan fingerprint density at radius 2 is 2.44 bits per heavy atom. The quantitative estimate of drug-likeness (QED) is 0.814. The molecule has 1 atom stereocenters. The topological polar surface area (TPSA) is 73.9 Å². The molecule has 0 aromatic carbocycles. The van der Waals surface area contributed by atoms with Gasteiger partial charge in [-0.2, -0.15) is 0 Å². The zero-order chi connectivity index (χ0) is 13.0. The maximum atomic E-state index is 11.8. The normalized spacial score (nSPS) is 20.9. The highest BCUT2D eigenvalue weighted by Crippen LogP contribution is 2.13. The van der Waals surface area contributed by atoms with Crippen LogP contribution in [0.1, 0.15) is 36.2 Å². The van der Waals surface area contributed by atoms with Crippen molar-refractivity contribution in [1.29, 1.82) is 0 Å². The molecule has 6 heteroatoms. The zero-order valence-electron chi connectivity index (χ0n) is 11.1. The number of carbonyl (C=O) groups excluding carboxylic acids is 1. The van der Waals surface area contributed by atoms with Gasteiger partial charge in [-0.25, -0.2) is 4.98 Å². The summed E-state index contributed by atoms with van der Waals surface area (Å²) in [6, 6.07) is 0. The average molecular weight is 251 g/mol. The molecule has 1 aromatic rings. The van der Waals surface area contributed by atoms with Gasteiger partial charge in [-0.3, -0.25) is 9.89 Å². The van der Waals surface area contributed by atoms with E-state index in [1.54, 1.807) is 0 Å². The summed E-state index contributed by atoms with van der Waals surface area (Å²) in [4.78, 5) is 18.3. The van der Waals surface area contributed by atoms with Crippen LogP contribution in [0.2, 0.25) is 0 Å². The molecule has 0 spiro atoms. The number of aromatic amines is 1. The van der Waals surface area contributed by atoms with Crippen LogP contribution < -0.4 is 5.32 Å². The lowest BCUT2D eigenvalue weighted by molar-refractivity contribution is 0.0927. The van der Waals surface area contributed by atoms with Crippen molar-refractivity contribution in [3.05, 3.63) is 11.6 Å². The van der Waals surface area contributed by atoms with E-state index >= 15 is 0 Å². The van der Waals surface area contributed by atoms with Gasteiger partial charge in [0, 0.05) is 19.5 Å². The van der Waals surface area contributed by atoms with Crippen molar-refractivity contribution in [2.45, 2.75) is 26.2 Å². The van der Waals surface area contributed by atoms with Crippen molar-refractivity contribution >= 4 is 5.91 Å². The van der Waals surface area contributed by atoms with Crippen molar-refractivity contribution in [2.24, 2.45) is 5.92 Å². The van der Waals surface area contributed by atoms with E-state index in [0.29, 0.717) is 12.5 Å². The highest BCUT2D eigenvalue weighted by Gasteiger charge is 2.19. The van der Waals surface area contributed by atoms with E-state index in [1.807, 2.05) is 6.92 Å². The van der Waals surface area contributed by atoms with E-state index in [2.05, 4.69) is 32.4 Å². The predicted octanol–water partition coefficient (Wildman–Crippen LogP) is 0.439. The molecular formula is C12H21N5O. The number of hydrogen-bond donors (Lipinski definition) is 2. The first-order chi connectivity index (χ1) is 8.69. The third-order valence-electron chi connectivity index (χ3n) is 3.34. The Morgan fingerprint density at radius 1 is 1.61 bits per heavy atom. The third-order valence-corrected chi connectivity index (χ3v) is 3.34. The Hall–Kier alpha value is -1.43. The molecule has 1 aromatic heterocycles. The predicted molar refractivity (Wildman–Crippen MR) is 68.3 cm³/mol. The van der Waals surface area contributed by atoms with Gasteiger partial charge in [-0.15, -0.1) is 5.10 Å². The second kappa shape index (κ2) is 5.95. The van der Waals surface area contributed by atoms with Gasteiger partial charge in [0.25, 0.3) is 5.91 Å². The van der Waals surface area contributed by atoms with Crippen LogP contribution in [0.5, 0.6) is 0 Å². The van der Waals surface area contributed by atoms with Crippen molar-refractivity contribution in [1.82, 2.24) is 25.4 Å². The highest BCUT2D eigenvalue weighted by molar-refractivity contribution is 5.90. The van der Waals surface area contributed by atoms with Crippen LogP contribution >= 0.6 is 0 Å². The Bertz CT molecular complexity index is 403. The maximum Gasteiger partial charge on any atom is 0.290 e. The van der Waals surface area contributed by atoms with Gasteiger partial charge in [0.05, 0.1) is 0 Å². The molecule has 2 rings (SSSR count). The Balaban J connectivity index is 1.80. The first-order valence-electron chi connectivity index (χ1n) is 6.57. The van der Waals surface area contributed by atoms with Crippen LogP contribution in [0.25, 0.3) is 0 Å². The fourth-order valence-corrected chi connectivity index (χ4v) is 2.31. The lowest BCUT2D eigenvalue weighted by Gasteiger charge is -2.29. The van der Waals surface area contributed by atoms with Crippen molar-refractivity contribution in [2.75, 3.05) is 26.7 Å². The van der Waals surface area contributed by atoms with Crippen molar-refractivity contribution in [3.8, 4) is 0 Å². The van der Waals surface area contributed by atoms with Gasteiger partial charge in [-0.1, -0.05) is 6.92 Å². The molecule has 6 nitrogen and oxygen atoms in total. The molecule has 1 aliphatic rings. The van der Waals surface area contributed by atoms with Crippen LogP contribution in [0.15, 0.2) is 0 Å². The number of nitrogens with one attached hydrogen (secondary N) is 2. The van der Waals surface area contributed by atoms with E-state index in [4.69, 9.17) is 0 Å². The number of nitrogens with zero attached hydrogens (tertiary/aromatic N) is 3. The first kappa shape index (κ1) is 13.0. The summed E-state index contributed by atoms with van der Waals surface area (Å²) in [5, 5.41) is 9.57. The minimum atomic E-state index is -0.181. The molecular weight excluding hydrogens is 230 g/mol. The molecule has 0 aliphatic carbocycles. The Labute approximate surface area is 107 Å². The van der Waals surface area contributed by atoms with E-state index in [-0.39, 0.29) is 11.7 Å². The second-order valence-corrected chi connectivity index (χ2v) is 4.94.